The van der Waals surface area contributed by atoms with Gasteiger partial charge in [0.25, 0.3) is 0 Å². The number of nitrogens with zero attached hydrogens (tertiary/aromatic N) is 1. The molecule has 1 N–H and O–H groups in total. The van der Waals surface area contributed by atoms with Gasteiger partial charge < -0.3 is 10.1 Å². The fourth-order valence-electron chi connectivity index (χ4n) is 2.39. The van der Waals surface area contributed by atoms with Gasteiger partial charge in [-0.05, 0) is 30.7 Å². The summed E-state index contributed by atoms with van der Waals surface area (Å²) in [6.07, 6.45) is 0. The summed E-state index contributed by atoms with van der Waals surface area (Å²) in [5, 5.41) is 2.67. The molecule has 0 aliphatic carbocycles. The van der Waals surface area contributed by atoms with E-state index in [2.05, 4.69) is 5.32 Å². The molecule has 0 aliphatic heterocycles. The van der Waals surface area contributed by atoms with Gasteiger partial charge in [-0.1, -0.05) is 29.8 Å². The quantitative estimate of drug-likeness (QED) is 0.798. The largest absolute Gasteiger partial charge is 0.495 e. The number of benzene rings is 2. The Bertz CT molecular complexity index is 900. The third-order valence-corrected chi connectivity index (χ3v) is 5.58. The second-order valence-corrected chi connectivity index (χ2v) is 7.84. The van der Waals surface area contributed by atoms with E-state index >= 15 is 0 Å². The predicted octanol–water partition coefficient (Wildman–Crippen LogP) is 2.08. The Hall–Kier alpha value is -2.45. The number of carbonyl (C=O) groups is 1. The maximum Gasteiger partial charge on any atom is 0.247 e. The summed E-state index contributed by atoms with van der Waals surface area (Å²) in [5.74, 6) is -1.16. The maximum absolute atomic E-state index is 13.5. The van der Waals surface area contributed by atoms with Crippen molar-refractivity contribution in [2.24, 2.45) is 0 Å². The summed E-state index contributed by atoms with van der Waals surface area (Å²) in [6, 6.07) is 10.8. The van der Waals surface area contributed by atoms with E-state index in [1.807, 2.05) is 31.2 Å². The zero-order valence-corrected chi connectivity index (χ0v) is 15.6. The standard InChI is InChI=1S/C18H21FN2O4S/c1-13-5-4-6-14(9-13)11-20-18(22)12-21(2)26(23,24)17-10-15(19)7-8-16(17)25-3/h4-10H,11-12H2,1-3H3,(H,20,22). The molecule has 2 rings (SSSR count). The van der Waals surface area contributed by atoms with Crippen molar-refractivity contribution in [3.05, 3.63) is 59.4 Å². The average molecular weight is 380 g/mol. The third-order valence-electron chi connectivity index (χ3n) is 3.75. The van der Waals surface area contributed by atoms with Gasteiger partial charge >= 0.3 is 0 Å². The topological polar surface area (TPSA) is 75.7 Å². The Balaban J connectivity index is 2.07. The van der Waals surface area contributed by atoms with Crippen molar-refractivity contribution in [2.45, 2.75) is 18.4 Å². The molecule has 0 fully saturated rings. The lowest BCUT2D eigenvalue weighted by molar-refractivity contribution is -0.121. The zero-order chi connectivity index (χ0) is 19.3. The van der Waals surface area contributed by atoms with Crippen LogP contribution in [0.15, 0.2) is 47.4 Å². The minimum Gasteiger partial charge on any atom is -0.495 e. The van der Waals surface area contributed by atoms with Gasteiger partial charge in [-0.3, -0.25) is 4.79 Å². The van der Waals surface area contributed by atoms with Crippen LogP contribution in [-0.4, -0.2) is 39.3 Å². The Morgan fingerprint density at radius 1 is 1.23 bits per heavy atom. The molecule has 2 aromatic carbocycles. The first-order chi connectivity index (χ1) is 12.2. The molecule has 0 aliphatic rings. The number of sulfonamides is 1. The Morgan fingerprint density at radius 3 is 2.62 bits per heavy atom. The molecule has 0 unspecified atom stereocenters. The van der Waals surface area contributed by atoms with Crippen LogP contribution in [0.5, 0.6) is 5.75 Å². The second-order valence-electron chi connectivity index (χ2n) is 5.82. The number of nitrogens with one attached hydrogen (secondary N) is 1. The molecule has 8 heteroatoms. The SMILES string of the molecule is COc1ccc(F)cc1S(=O)(=O)N(C)CC(=O)NCc1cccc(C)c1. The van der Waals surface area contributed by atoms with Crippen LogP contribution in [0.4, 0.5) is 4.39 Å². The Morgan fingerprint density at radius 2 is 1.96 bits per heavy atom. The summed E-state index contributed by atoms with van der Waals surface area (Å²) >= 11 is 0. The first kappa shape index (κ1) is 19.9. The van der Waals surface area contributed by atoms with Gasteiger partial charge in [0.15, 0.2) is 0 Å². The molecule has 6 nitrogen and oxygen atoms in total. The summed E-state index contributed by atoms with van der Waals surface area (Å²) in [6.45, 7) is 1.84. The molecule has 1 amide bonds. The van der Waals surface area contributed by atoms with Crippen LogP contribution in [0, 0.1) is 12.7 Å². The van der Waals surface area contributed by atoms with E-state index in [1.165, 1.54) is 20.2 Å². The van der Waals surface area contributed by atoms with Crippen molar-refractivity contribution in [3.8, 4) is 5.75 Å². The molecular formula is C18H21FN2O4S. The molecule has 26 heavy (non-hydrogen) atoms. The second kappa shape index (κ2) is 8.29. The van der Waals surface area contributed by atoms with Gasteiger partial charge in [-0.2, -0.15) is 4.31 Å². The molecule has 0 heterocycles. The van der Waals surface area contributed by atoms with Crippen molar-refractivity contribution in [1.29, 1.82) is 0 Å². The zero-order valence-electron chi connectivity index (χ0n) is 14.8. The van der Waals surface area contributed by atoms with E-state index in [1.54, 1.807) is 0 Å². The minimum absolute atomic E-state index is 0.0124. The van der Waals surface area contributed by atoms with Crippen LogP contribution in [0.25, 0.3) is 0 Å². The smallest absolute Gasteiger partial charge is 0.247 e. The number of halogens is 1. The lowest BCUT2D eigenvalue weighted by Crippen LogP contribution is -2.38. The van der Waals surface area contributed by atoms with Crippen LogP contribution in [0.1, 0.15) is 11.1 Å². The molecule has 140 valence electrons. The summed E-state index contributed by atoms with van der Waals surface area (Å²) < 4.78 is 44.5. The van der Waals surface area contributed by atoms with E-state index in [0.717, 1.165) is 27.6 Å². The lowest BCUT2D eigenvalue weighted by Gasteiger charge is -2.18. The minimum atomic E-state index is -4.08. The number of hydrogen-bond donors (Lipinski definition) is 1. The molecule has 0 aromatic heterocycles. The van der Waals surface area contributed by atoms with Crippen molar-refractivity contribution in [2.75, 3.05) is 20.7 Å². The highest BCUT2D eigenvalue weighted by Gasteiger charge is 2.27. The molecular weight excluding hydrogens is 359 g/mol. The van der Waals surface area contributed by atoms with Gasteiger partial charge in [0, 0.05) is 13.6 Å². The van der Waals surface area contributed by atoms with Gasteiger partial charge in [-0.25, -0.2) is 12.8 Å². The molecule has 2 aromatic rings. The summed E-state index contributed by atoms with van der Waals surface area (Å²) in [7, 11) is -1.53. The van der Waals surface area contributed by atoms with E-state index in [0.29, 0.717) is 0 Å². The van der Waals surface area contributed by atoms with E-state index in [-0.39, 0.29) is 17.2 Å². The van der Waals surface area contributed by atoms with Gasteiger partial charge in [0.1, 0.15) is 16.5 Å². The number of hydrogen-bond acceptors (Lipinski definition) is 4. The number of methoxy groups -OCH3 is 1. The van der Waals surface area contributed by atoms with Crippen LogP contribution in [0.2, 0.25) is 0 Å². The van der Waals surface area contributed by atoms with Crippen molar-refractivity contribution in [1.82, 2.24) is 9.62 Å². The van der Waals surface area contributed by atoms with E-state index in [4.69, 9.17) is 4.74 Å². The number of aryl methyl sites for hydroxylation is 1. The maximum atomic E-state index is 13.5. The first-order valence-corrected chi connectivity index (χ1v) is 9.30. The van der Waals surface area contributed by atoms with Crippen LogP contribution >= 0.6 is 0 Å². The number of amides is 1. The summed E-state index contributed by atoms with van der Waals surface area (Å²) in [4.78, 5) is 11.8. The number of carbonyl (C=O) groups excluding carboxylic acids is 1. The van der Waals surface area contributed by atoms with E-state index < -0.39 is 28.3 Å². The monoisotopic (exact) mass is 380 g/mol. The molecule has 0 radical (unpaired) electrons. The molecule has 0 spiro atoms. The first-order valence-electron chi connectivity index (χ1n) is 7.86. The normalized spacial score (nSPS) is 11.4. The molecule has 0 atom stereocenters. The highest BCUT2D eigenvalue weighted by Crippen LogP contribution is 2.26. The van der Waals surface area contributed by atoms with Gasteiger partial charge in [0.2, 0.25) is 15.9 Å². The van der Waals surface area contributed by atoms with Gasteiger partial charge in [-0.15, -0.1) is 0 Å². The third kappa shape index (κ3) is 4.80. The van der Waals surface area contributed by atoms with Crippen molar-refractivity contribution in [3.63, 3.8) is 0 Å². The van der Waals surface area contributed by atoms with Crippen LogP contribution in [0.3, 0.4) is 0 Å². The van der Waals surface area contributed by atoms with Gasteiger partial charge in [0.05, 0.1) is 13.7 Å². The fraction of sp³-hybridized carbons (Fsp3) is 0.278. The van der Waals surface area contributed by atoms with Crippen LogP contribution in [-0.2, 0) is 21.4 Å². The number of rotatable bonds is 7. The molecule has 0 saturated heterocycles. The molecule has 0 bridgehead atoms. The highest BCUT2D eigenvalue weighted by molar-refractivity contribution is 7.89. The van der Waals surface area contributed by atoms with E-state index in [9.17, 15) is 17.6 Å². The highest BCUT2D eigenvalue weighted by atomic mass is 32.2. The fourth-order valence-corrected chi connectivity index (χ4v) is 3.68. The summed E-state index contributed by atoms with van der Waals surface area (Å²) in [5.41, 5.74) is 1.98. The Kier molecular flexibility index (Phi) is 6.33. The Labute approximate surface area is 152 Å². The van der Waals surface area contributed by atoms with Crippen molar-refractivity contribution >= 4 is 15.9 Å². The average Bonchev–Trinajstić information content (AvgIpc) is 2.60. The van der Waals surface area contributed by atoms with Crippen molar-refractivity contribution < 1.29 is 22.3 Å². The number of likely N-dealkylation sites (N-methyl/N-ethyl adjacent to an activating group) is 1. The number of ether oxygens (including phenoxy) is 1. The van der Waals surface area contributed by atoms with Crippen LogP contribution < -0.4 is 10.1 Å². The predicted molar refractivity (Wildman–Crippen MR) is 95.8 cm³/mol. The molecule has 0 saturated carbocycles. The lowest BCUT2D eigenvalue weighted by atomic mass is 10.1.